The molecule has 0 aromatic carbocycles. The van der Waals surface area contributed by atoms with Crippen LogP contribution in [0.15, 0.2) is 27.7 Å². The summed E-state index contributed by atoms with van der Waals surface area (Å²) in [5.74, 6) is 6.46. The van der Waals surface area contributed by atoms with E-state index in [0.29, 0.717) is 11.1 Å². The van der Waals surface area contributed by atoms with Crippen molar-refractivity contribution in [3.8, 4) is 0 Å². The maximum Gasteiger partial charge on any atom is 0.173 e. The van der Waals surface area contributed by atoms with Crippen LogP contribution >= 0.6 is 15.9 Å². The zero-order valence-electron chi connectivity index (χ0n) is 9.43. The molecule has 0 bridgehead atoms. The predicted octanol–water partition coefficient (Wildman–Crippen LogP) is 1.40. The van der Waals surface area contributed by atoms with Crippen LogP contribution in [0.2, 0.25) is 0 Å². The molecule has 0 radical (unpaired) electrons. The first-order valence-electron chi connectivity index (χ1n) is 5.32. The Bertz CT molecular complexity index is 481. The average molecular weight is 300 g/mol. The van der Waals surface area contributed by atoms with Gasteiger partial charge < -0.3 is 4.42 Å². The van der Waals surface area contributed by atoms with E-state index < -0.39 is 0 Å². The highest BCUT2D eigenvalue weighted by atomic mass is 79.9. The number of hydrogen-bond donors (Lipinski definition) is 2. The summed E-state index contributed by atoms with van der Waals surface area (Å²) in [4.78, 5) is 4.22. The van der Waals surface area contributed by atoms with Crippen LogP contribution in [-0.2, 0) is 13.0 Å². The second kappa shape index (κ2) is 5.44. The summed E-state index contributed by atoms with van der Waals surface area (Å²) in [6.07, 6.45) is 3.83. The number of aryl methyl sites for hydroxylation is 1. The van der Waals surface area contributed by atoms with E-state index in [1.807, 2.05) is 17.7 Å². The fraction of sp³-hybridized carbons (Fsp3) is 0.400. The first-order valence-corrected chi connectivity index (χ1v) is 6.11. The third-order valence-electron chi connectivity index (χ3n) is 2.60. The van der Waals surface area contributed by atoms with Crippen molar-refractivity contribution in [3.63, 3.8) is 0 Å². The first-order chi connectivity index (χ1) is 8.26. The van der Waals surface area contributed by atoms with Gasteiger partial charge >= 0.3 is 0 Å². The maximum absolute atomic E-state index is 5.57. The van der Waals surface area contributed by atoms with Crippen molar-refractivity contribution in [3.05, 3.63) is 34.7 Å². The van der Waals surface area contributed by atoms with Crippen molar-refractivity contribution < 1.29 is 4.42 Å². The van der Waals surface area contributed by atoms with E-state index in [-0.39, 0.29) is 6.04 Å². The van der Waals surface area contributed by atoms with Gasteiger partial charge in [-0.05, 0) is 28.9 Å². The second-order valence-corrected chi connectivity index (χ2v) is 4.29. The van der Waals surface area contributed by atoms with E-state index in [2.05, 4.69) is 31.4 Å². The standard InChI is InChI=1S/C10H14BrN5O/c1-2-16-9(13-6-14-16)5-8(15-12)7-3-4-17-10(7)11/h3-4,6,8,15H,2,5,12H2,1H3. The van der Waals surface area contributed by atoms with Crippen LogP contribution in [0.4, 0.5) is 0 Å². The molecule has 0 fully saturated rings. The SMILES string of the molecule is CCn1ncnc1CC(NN)c1ccoc1Br. The summed E-state index contributed by atoms with van der Waals surface area (Å²) < 4.78 is 7.73. The molecule has 0 amide bonds. The van der Waals surface area contributed by atoms with Gasteiger partial charge in [-0.25, -0.2) is 4.98 Å². The fourth-order valence-corrected chi connectivity index (χ4v) is 2.22. The molecule has 17 heavy (non-hydrogen) atoms. The van der Waals surface area contributed by atoms with Gasteiger partial charge in [0, 0.05) is 18.5 Å². The molecule has 0 aliphatic rings. The van der Waals surface area contributed by atoms with Crippen molar-refractivity contribution in [1.82, 2.24) is 20.2 Å². The Hall–Kier alpha value is -1.18. The second-order valence-electron chi connectivity index (χ2n) is 3.57. The molecule has 2 heterocycles. The molecule has 2 aromatic heterocycles. The molecule has 0 spiro atoms. The minimum absolute atomic E-state index is 0.0578. The number of furan rings is 1. The van der Waals surface area contributed by atoms with Crippen molar-refractivity contribution >= 4 is 15.9 Å². The number of nitrogens with zero attached hydrogens (tertiary/aromatic N) is 3. The lowest BCUT2D eigenvalue weighted by Crippen LogP contribution is -2.30. The Morgan fingerprint density at radius 3 is 3.06 bits per heavy atom. The number of nitrogens with one attached hydrogen (secondary N) is 1. The number of rotatable bonds is 5. The van der Waals surface area contributed by atoms with Crippen molar-refractivity contribution in [2.75, 3.05) is 0 Å². The summed E-state index contributed by atoms with van der Waals surface area (Å²) in [5.41, 5.74) is 3.73. The van der Waals surface area contributed by atoms with Gasteiger partial charge in [0.25, 0.3) is 0 Å². The van der Waals surface area contributed by atoms with Gasteiger partial charge in [-0.2, -0.15) is 5.10 Å². The van der Waals surface area contributed by atoms with Crippen LogP contribution in [0.1, 0.15) is 24.4 Å². The lowest BCUT2D eigenvalue weighted by molar-refractivity contribution is 0.488. The Kier molecular flexibility index (Phi) is 3.93. The largest absolute Gasteiger partial charge is 0.457 e. The van der Waals surface area contributed by atoms with Crippen LogP contribution < -0.4 is 11.3 Å². The van der Waals surface area contributed by atoms with E-state index >= 15 is 0 Å². The van der Waals surface area contributed by atoms with Gasteiger partial charge in [-0.1, -0.05) is 0 Å². The van der Waals surface area contributed by atoms with Gasteiger partial charge in [0.1, 0.15) is 12.2 Å². The number of halogens is 1. The molecule has 0 aliphatic carbocycles. The monoisotopic (exact) mass is 299 g/mol. The quantitative estimate of drug-likeness (QED) is 0.644. The van der Waals surface area contributed by atoms with E-state index in [0.717, 1.165) is 17.9 Å². The molecule has 6 nitrogen and oxygen atoms in total. The molecule has 3 N–H and O–H groups in total. The summed E-state index contributed by atoms with van der Waals surface area (Å²) in [6.45, 7) is 2.82. The van der Waals surface area contributed by atoms with Crippen LogP contribution in [0, 0.1) is 0 Å². The zero-order chi connectivity index (χ0) is 12.3. The Labute approximate surface area is 107 Å². The maximum atomic E-state index is 5.57. The van der Waals surface area contributed by atoms with Gasteiger partial charge in [0.2, 0.25) is 0 Å². The van der Waals surface area contributed by atoms with Gasteiger partial charge in [-0.15, -0.1) is 0 Å². The molecule has 2 aromatic rings. The average Bonchev–Trinajstić information content (AvgIpc) is 2.94. The van der Waals surface area contributed by atoms with Crippen LogP contribution in [-0.4, -0.2) is 14.8 Å². The molecule has 1 atom stereocenters. The Balaban J connectivity index is 2.19. The lowest BCUT2D eigenvalue weighted by Gasteiger charge is -2.14. The minimum atomic E-state index is -0.0578. The lowest BCUT2D eigenvalue weighted by atomic mass is 10.1. The first kappa shape index (κ1) is 12.3. The Morgan fingerprint density at radius 1 is 1.65 bits per heavy atom. The smallest absolute Gasteiger partial charge is 0.173 e. The molecule has 92 valence electrons. The van der Waals surface area contributed by atoms with E-state index in [1.165, 1.54) is 0 Å². The third kappa shape index (κ3) is 2.56. The number of nitrogens with two attached hydrogens (primary N) is 1. The molecule has 7 heteroatoms. The molecule has 0 aliphatic heterocycles. The summed E-state index contributed by atoms with van der Waals surface area (Å²) in [7, 11) is 0. The topological polar surface area (TPSA) is 81.9 Å². The van der Waals surface area contributed by atoms with E-state index in [4.69, 9.17) is 10.3 Å². The summed E-state index contributed by atoms with van der Waals surface area (Å²) >= 11 is 3.34. The number of hydrogen-bond acceptors (Lipinski definition) is 5. The van der Waals surface area contributed by atoms with Crippen molar-refractivity contribution in [2.24, 2.45) is 5.84 Å². The molecule has 2 rings (SSSR count). The van der Waals surface area contributed by atoms with Crippen molar-refractivity contribution in [1.29, 1.82) is 0 Å². The highest BCUT2D eigenvalue weighted by Crippen LogP contribution is 2.26. The molecule has 0 saturated carbocycles. The summed E-state index contributed by atoms with van der Waals surface area (Å²) in [6, 6.07) is 1.82. The van der Waals surface area contributed by atoms with E-state index in [1.54, 1.807) is 12.6 Å². The van der Waals surface area contributed by atoms with Gasteiger partial charge in [0.05, 0.1) is 12.3 Å². The highest BCUT2D eigenvalue weighted by Gasteiger charge is 2.18. The fourth-order valence-electron chi connectivity index (χ4n) is 1.71. The minimum Gasteiger partial charge on any atom is -0.457 e. The van der Waals surface area contributed by atoms with E-state index in [9.17, 15) is 0 Å². The molecule has 1 unspecified atom stereocenters. The highest BCUT2D eigenvalue weighted by molar-refractivity contribution is 9.10. The zero-order valence-corrected chi connectivity index (χ0v) is 11.0. The predicted molar refractivity (Wildman–Crippen MR) is 65.9 cm³/mol. The van der Waals surface area contributed by atoms with Gasteiger partial charge in [0.15, 0.2) is 4.67 Å². The molecular weight excluding hydrogens is 286 g/mol. The van der Waals surface area contributed by atoms with Crippen LogP contribution in [0.5, 0.6) is 0 Å². The third-order valence-corrected chi connectivity index (χ3v) is 3.25. The Morgan fingerprint density at radius 2 is 2.47 bits per heavy atom. The number of hydrazine groups is 1. The summed E-state index contributed by atoms with van der Waals surface area (Å²) in [5, 5.41) is 4.13. The van der Waals surface area contributed by atoms with Crippen LogP contribution in [0.3, 0.4) is 0 Å². The molecular formula is C10H14BrN5O. The normalized spacial score (nSPS) is 12.9. The van der Waals surface area contributed by atoms with Crippen molar-refractivity contribution in [2.45, 2.75) is 25.9 Å². The number of aromatic nitrogens is 3. The molecule has 0 saturated heterocycles. The van der Waals surface area contributed by atoms with Gasteiger partial charge in [-0.3, -0.25) is 16.0 Å². The van der Waals surface area contributed by atoms with Crippen LogP contribution in [0.25, 0.3) is 0 Å².